The maximum atomic E-state index is 13.4. The van der Waals surface area contributed by atoms with Crippen LogP contribution in [0.2, 0.25) is 0 Å². The number of nitrogens with one attached hydrogen (secondary N) is 2. The van der Waals surface area contributed by atoms with Crippen molar-refractivity contribution in [2.24, 2.45) is 0 Å². The monoisotopic (exact) mass is 309 g/mol. The highest BCUT2D eigenvalue weighted by Crippen LogP contribution is 2.22. The number of benzene rings is 1. The second-order valence-electron chi connectivity index (χ2n) is 4.58. The van der Waals surface area contributed by atoms with Crippen LogP contribution < -0.4 is 10.0 Å². The Hall–Kier alpha value is -1.99. The molecule has 0 atom stereocenters. The van der Waals surface area contributed by atoms with Gasteiger partial charge in [-0.1, -0.05) is 6.07 Å². The zero-order chi connectivity index (χ0) is 15.5. The molecule has 112 valence electrons. The first-order valence-electron chi connectivity index (χ1n) is 6.30. The summed E-state index contributed by atoms with van der Waals surface area (Å²) in [5, 5.41) is 2.86. The van der Waals surface area contributed by atoms with Gasteiger partial charge in [-0.3, -0.25) is 9.71 Å². The molecule has 1 heterocycles. The van der Waals surface area contributed by atoms with Gasteiger partial charge < -0.3 is 5.32 Å². The number of aromatic nitrogens is 1. The Morgan fingerprint density at radius 2 is 2.05 bits per heavy atom. The molecule has 0 radical (unpaired) electrons. The molecule has 0 saturated heterocycles. The molecule has 2 aromatic rings. The van der Waals surface area contributed by atoms with E-state index in [-0.39, 0.29) is 4.90 Å². The van der Waals surface area contributed by atoms with E-state index < -0.39 is 15.8 Å². The van der Waals surface area contributed by atoms with Crippen molar-refractivity contribution in [1.29, 1.82) is 0 Å². The van der Waals surface area contributed by atoms with Crippen LogP contribution >= 0.6 is 0 Å². The summed E-state index contributed by atoms with van der Waals surface area (Å²) in [5.41, 5.74) is 1.60. The number of hydrogen-bond donors (Lipinski definition) is 2. The minimum Gasteiger partial charge on any atom is -0.316 e. The predicted octanol–water partition coefficient (Wildman–Crippen LogP) is 2.05. The van der Waals surface area contributed by atoms with Crippen molar-refractivity contribution in [3.05, 3.63) is 53.6 Å². The third-order valence-corrected chi connectivity index (χ3v) is 4.42. The van der Waals surface area contributed by atoms with Crippen LogP contribution in [-0.2, 0) is 16.6 Å². The molecular weight excluding hydrogens is 293 g/mol. The Bertz CT molecular complexity index is 748. The molecule has 0 bridgehead atoms. The molecule has 2 N–H and O–H groups in total. The normalized spacial score (nSPS) is 11.4. The van der Waals surface area contributed by atoms with Crippen LogP contribution in [0.1, 0.15) is 11.1 Å². The van der Waals surface area contributed by atoms with Gasteiger partial charge in [-0.05, 0) is 43.3 Å². The third kappa shape index (κ3) is 3.56. The maximum absolute atomic E-state index is 13.4. The van der Waals surface area contributed by atoms with E-state index in [1.165, 1.54) is 18.3 Å². The first-order valence-corrected chi connectivity index (χ1v) is 7.79. The van der Waals surface area contributed by atoms with Crippen LogP contribution in [0, 0.1) is 12.7 Å². The molecule has 21 heavy (non-hydrogen) atoms. The van der Waals surface area contributed by atoms with Crippen LogP contribution in [0.25, 0.3) is 0 Å². The largest absolute Gasteiger partial charge is 0.316 e. The van der Waals surface area contributed by atoms with Gasteiger partial charge in [0.2, 0.25) is 0 Å². The third-order valence-electron chi connectivity index (χ3n) is 2.97. The second-order valence-corrected chi connectivity index (χ2v) is 6.23. The molecule has 7 heteroatoms. The van der Waals surface area contributed by atoms with Gasteiger partial charge in [-0.15, -0.1) is 0 Å². The van der Waals surface area contributed by atoms with Gasteiger partial charge in [0.05, 0.1) is 16.8 Å². The number of pyridine rings is 1. The van der Waals surface area contributed by atoms with Gasteiger partial charge in [0.15, 0.2) is 0 Å². The summed E-state index contributed by atoms with van der Waals surface area (Å²) in [6.45, 7) is 2.09. The smallest absolute Gasteiger partial charge is 0.262 e. The predicted molar refractivity (Wildman–Crippen MR) is 78.9 cm³/mol. The molecule has 0 fully saturated rings. The van der Waals surface area contributed by atoms with Crippen molar-refractivity contribution in [1.82, 2.24) is 10.3 Å². The molecule has 0 aliphatic heterocycles. The van der Waals surface area contributed by atoms with Crippen molar-refractivity contribution in [2.45, 2.75) is 18.4 Å². The zero-order valence-corrected chi connectivity index (χ0v) is 12.5. The molecule has 1 aromatic carbocycles. The molecule has 0 aliphatic carbocycles. The molecule has 0 aliphatic rings. The SMILES string of the molecule is CNCc1ccc(F)cc1S(=O)(=O)Nc1cnccc1C. The Labute approximate surface area is 123 Å². The summed E-state index contributed by atoms with van der Waals surface area (Å²) >= 11 is 0. The minimum absolute atomic E-state index is 0.0832. The van der Waals surface area contributed by atoms with Crippen LogP contribution in [-0.4, -0.2) is 20.4 Å². The van der Waals surface area contributed by atoms with E-state index in [0.717, 1.165) is 11.6 Å². The van der Waals surface area contributed by atoms with Crippen molar-refractivity contribution in [3.8, 4) is 0 Å². The van der Waals surface area contributed by atoms with E-state index in [4.69, 9.17) is 0 Å². The van der Waals surface area contributed by atoms with Gasteiger partial charge in [0.1, 0.15) is 5.82 Å². The first-order chi connectivity index (χ1) is 9.94. The average Bonchev–Trinajstić information content (AvgIpc) is 2.43. The highest BCUT2D eigenvalue weighted by molar-refractivity contribution is 7.92. The molecular formula is C14H16FN3O2S. The number of anilines is 1. The quantitative estimate of drug-likeness (QED) is 0.887. The average molecular weight is 309 g/mol. The maximum Gasteiger partial charge on any atom is 0.262 e. The van der Waals surface area contributed by atoms with Gasteiger partial charge in [0, 0.05) is 12.7 Å². The van der Waals surface area contributed by atoms with Gasteiger partial charge >= 0.3 is 0 Å². The van der Waals surface area contributed by atoms with Crippen LogP contribution in [0.15, 0.2) is 41.6 Å². The summed E-state index contributed by atoms with van der Waals surface area (Å²) < 4.78 is 40.8. The lowest BCUT2D eigenvalue weighted by atomic mass is 10.2. The lowest BCUT2D eigenvalue weighted by Gasteiger charge is -2.13. The number of halogens is 1. The van der Waals surface area contributed by atoms with E-state index in [2.05, 4.69) is 15.0 Å². The van der Waals surface area contributed by atoms with Gasteiger partial charge in [-0.25, -0.2) is 12.8 Å². The lowest BCUT2D eigenvalue weighted by Crippen LogP contribution is -2.18. The molecule has 1 aromatic heterocycles. The molecule has 0 saturated carbocycles. The Balaban J connectivity index is 2.44. The van der Waals surface area contributed by atoms with Crippen LogP contribution in [0.4, 0.5) is 10.1 Å². The second kappa shape index (κ2) is 6.19. The van der Waals surface area contributed by atoms with Crippen molar-refractivity contribution >= 4 is 15.7 Å². The summed E-state index contributed by atoms with van der Waals surface area (Å²) in [5.74, 6) is -0.599. The van der Waals surface area contributed by atoms with E-state index in [9.17, 15) is 12.8 Å². The van der Waals surface area contributed by atoms with Crippen LogP contribution in [0.3, 0.4) is 0 Å². The summed E-state index contributed by atoms with van der Waals surface area (Å²) in [4.78, 5) is 3.80. The van der Waals surface area contributed by atoms with Crippen molar-refractivity contribution in [2.75, 3.05) is 11.8 Å². The molecule has 2 rings (SSSR count). The standard InChI is InChI=1S/C14H16FN3O2S/c1-10-5-6-17-9-13(10)18-21(19,20)14-7-12(15)4-3-11(14)8-16-2/h3-7,9,16,18H,8H2,1-2H3. The van der Waals surface area contributed by atoms with E-state index in [1.807, 2.05) is 0 Å². The van der Waals surface area contributed by atoms with Crippen molar-refractivity contribution in [3.63, 3.8) is 0 Å². The Kier molecular flexibility index (Phi) is 4.54. The fraction of sp³-hybridized carbons (Fsp3) is 0.214. The Morgan fingerprint density at radius 1 is 1.29 bits per heavy atom. The summed E-state index contributed by atoms with van der Waals surface area (Å²) in [7, 11) is -2.19. The van der Waals surface area contributed by atoms with Gasteiger partial charge in [-0.2, -0.15) is 0 Å². The molecule has 0 unspecified atom stereocenters. The van der Waals surface area contributed by atoms with E-state index >= 15 is 0 Å². The number of hydrogen-bond acceptors (Lipinski definition) is 4. The molecule has 5 nitrogen and oxygen atoms in total. The Morgan fingerprint density at radius 3 is 2.71 bits per heavy atom. The zero-order valence-electron chi connectivity index (χ0n) is 11.7. The van der Waals surface area contributed by atoms with E-state index in [0.29, 0.717) is 17.8 Å². The fourth-order valence-electron chi connectivity index (χ4n) is 1.89. The minimum atomic E-state index is -3.88. The number of nitrogens with zero attached hydrogens (tertiary/aromatic N) is 1. The van der Waals surface area contributed by atoms with E-state index in [1.54, 1.807) is 26.2 Å². The first kappa shape index (κ1) is 15.4. The number of sulfonamides is 1. The number of rotatable bonds is 5. The van der Waals surface area contributed by atoms with Crippen LogP contribution in [0.5, 0.6) is 0 Å². The summed E-state index contributed by atoms with van der Waals surface area (Å²) in [6.07, 6.45) is 2.99. The van der Waals surface area contributed by atoms with Crippen molar-refractivity contribution < 1.29 is 12.8 Å². The highest BCUT2D eigenvalue weighted by atomic mass is 32.2. The van der Waals surface area contributed by atoms with Gasteiger partial charge in [0.25, 0.3) is 10.0 Å². The lowest BCUT2D eigenvalue weighted by molar-refractivity contribution is 0.592. The highest BCUT2D eigenvalue weighted by Gasteiger charge is 2.20. The molecule has 0 amide bonds. The topological polar surface area (TPSA) is 71.1 Å². The molecule has 0 spiro atoms. The number of aryl methyl sites for hydroxylation is 1. The fourth-order valence-corrected chi connectivity index (χ4v) is 3.25. The summed E-state index contributed by atoms with van der Waals surface area (Å²) in [6, 6.07) is 5.40.